The van der Waals surface area contributed by atoms with Crippen LogP contribution >= 0.6 is 11.3 Å². The van der Waals surface area contributed by atoms with Gasteiger partial charge in [-0.25, -0.2) is 9.59 Å². The third-order valence-corrected chi connectivity index (χ3v) is 2.51. The normalized spacial score (nSPS) is 11.6. The maximum Gasteiger partial charge on any atom is 0.326 e. The predicted octanol–water partition coefficient (Wildman–Crippen LogP) is 0.997. The van der Waals surface area contributed by atoms with Gasteiger partial charge in [-0.05, 0) is 13.3 Å². The first-order chi connectivity index (χ1) is 8.02. The van der Waals surface area contributed by atoms with Crippen LogP contribution in [0.5, 0.6) is 0 Å². The number of urea groups is 1. The van der Waals surface area contributed by atoms with E-state index < -0.39 is 18.0 Å². The molecule has 0 aliphatic carbocycles. The maximum atomic E-state index is 11.4. The zero-order chi connectivity index (χ0) is 12.8. The van der Waals surface area contributed by atoms with E-state index in [1.165, 1.54) is 17.4 Å². The lowest BCUT2D eigenvalue weighted by Gasteiger charge is -2.11. The van der Waals surface area contributed by atoms with Gasteiger partial charge in [-0.2, -0.15) is 0 Å². The van der Waals surface area contributed by atoms with Crippen LogP contribution in [-0.4, -0.2) is 33.3 Å². The summed E-state index contributed by atoms with van der Waals surface area (Å²) in [7, 11) is 0. The van der Waals surface area contributed by atoms with Gasteiger partial charge >= 0.3 is 12.0 Å². The molecule has 0 aliphatic heterocycles. The fourth-order valence-electron chi connectivity index (χ4n) is 1.03. The van der Waals surface area contributed by atoms with Gasteiger partial charge in [0.25, 0.3) is 0 Å². The molecule has 8 heteroatoms. The highest BCUT2D eigenvalue weighted by Gasteiger charge is 2.18. The molecule has 0 saturated heterocycles. The predicted molar refractivity (Wildman–Crippen MR) is 63.0 cm³/mol. The molecule has 0 aliphatic rings. The van der Waals surface area contributed by atoms with E-state index in [0.29, 0.717) is 10.1 Å². The molecule has 2 amide bonds. The molecule has 0 bridgehead atoms. The smallest absolute Gasteiger partial charge is 0.326 e. The monoisotopic (exact) mass is 256 g/mol. The Hall–Kier alpha value is -1.96. The molecule has 0 fully saturated rings. The van der Waals surface area contributed by atoms with Gasteiger partial charge in [0.1, 0.15) is 11.0 Å². The van der Waals surface area contributed by atoms with Crippen molar-refractivity contribution in [3.05, 3.63) is 17.7 Å². The van der Waals surface area contributed by atoms with E-state index in [1.54, 1.807) is 6.92 Å². The van der Waals surface area contributed by atoms with Crippen molar-refractivity contribution in [1.82, 2.24) is 15.5 Å². The number of aryl methyl sites for hydroxylation is 1. The third kappa shape index (κ3) is 4.19. The molecular formula is C9H12N4O3S. The largest absolute Gasteiger partial charge is 0.480 e. The Balaban J connectivity index is 2.53. The molecule has 1 unspecified atom stereocenters. The van der Waals surface area contributed by atoms with E-state index in [0.717, 1.165) is 0 Å². The summed E-state index contributed by atoms with van der Waals surface area (Å²) in [6.45, 7) is 5.17. The molecule has 1 atom stereocenters. The number of aromatic nitrogens is 2. The van der Waals surface area contributed by atoms with Crippen molar-refractivity contribution < 1.29 is 14.7 Å². The summed E-state index contributed by atoms with van der Waals surface area (Å²) >= 11 is 1.20. The molecule has 1 aromatic rings. The average molecular weight is 256 g/mol. The highest BCUT2D eigenvalue weighted by molar-refractivity contribution is 7.15. The van der Waals surface area contributed by atoms with Gasteiger partial charge in [0, 0.05) is 0 Å². The van der Waals surface area contributed by atoms with E-state index >= 15 is 0 Å². The molecule has 1 heterocycles. The van der Waals surface area contributed by atoms with E-state index in [9.17, 15) is 9.59 Å². The summed E-state index contributed by atoms with van der Waals surface area (Å²) in [4.78, 5) is 22.2. The topological polar surface area (TPSA) is 104 Å². The summed E-state index contributed by atoms with van der Waals surface area (Å²) in [5, 5.41) is 21.9. The van der Waals surface area contributed by atoms with Crippen LogP contribution < -0.4 is 10.6 Å². The first-order valence-electron chi connectivity index (χ1n) is 4.74. The lowest BCUT2D eigenvalue weighted by Crippen LogP contribution is -2.42. The summed E-state index contributed by atoms with van der Waals surface area (Å²) in [5.74, 6) is -1.12. The van der Waals surface area contributed by atoms with Crippen LogP contribution in [0.1, 0.15) is 11.4 Å². The first kappa shape index (κ1) is 13.1. The van der Waals surface area contributed by atoms with Crippen LogP contribution in [0.4, 0.5) is 9.93 Å². The molecule has 1 aromatic heterocycles. The van der Waals surface area contributed by atoms with E-state index in [1.807, 2.05) is 0 Å². The first-order valence-corrected chi connectivity index (χ1v) is 5.56. The number of carbonyl (C=O) groups is 2. The fraction of sp³-hybridized carbons (Fsp3) is 0.333. The number of anilines is 1. The Kier molecular flexibility index (Phi) is 4.58. The molecule has 0 radical (unpaired) electrons. The second kappa shape index (κ2) is 5.94. The van der Waals surface area contributed by atoms with Crippen LogP contribution in [0.25, 0.3) is 0 Å². The minimum absolute atomic E-state index is 0.151. The van der Waals surface area contributed by atoms with Crippen LogP contribution in [0.2, 0.25) is 0 Å². The standard InChI is InChI=1S/C9H12N4O3S/c1-3-4-6(7(14)15)10-8(16)11-9-13-12-5(2)17-9/h3,6H,1,4H2,2H3,(H,14,15)(H2,10,11,13,16). The molecule has 0 saturated carbocycles. The molecule has 17 heavy (non-hydrogen) atoms. The molecule has 0 spiro atoms. The Bertz CT molecular complexity index is 432. The Morgan fingerprint density at radius 3 is 2.76 bits per heavy atom. The Morgan fingerprint density at radius 2 is 2.29 bits per heavy atom. The van der Waals surface area contributed by atoms with E-state index in [4.69, 9.17) is 5.11 Å². The van der Waals surface area contributed by atoms with Crippen molar-refractivity contribution in [2.75, 3.05) is 5.32 Å². The molecule has 7 nitrogen and oxygen atoms in total. The molecule has 3 N–H and O–H groups in total. The number of hydrogen-bond acceptors (Lipinski definition) is 5. The van der Waals surface area contributed by atoms with Crippen molar-refractivity contribution in [3.63, 3.8) is 0 Å². The summed E-state index contributed by atoms with van der Waals surface area (Å²) in [5.41, 5.74) is 0. The second-order valence-corrected chi connectivity index (χ2v) is 4.32. The van der Waals surface area contributed by atoms with E-state index in [-0.39, 0.29) is 6.42 Å². The minimum atomic E-state index is -1.12. The number of amides is 2. The van der Waals surface area contributed by atoms with Gasteiger partial charge in [0.05, 0.1) is 0 Å². The van der Waals surface area contributed by atoms with Crippen molar-refractivity contribution in [2.24, 2.45) is 0 Å². The zero-order valence-electron chi connectivity index (χ0n) is 9.14. The summed E-state index contributed by atoms with van der Waals surface area (Å²) in [6.07, 6.45) is 1.58. The van der Waals surface area contributed by atoms with Gasteiger partial charge in [-0.15, -0.1) is 16.8 Å². The number of rotatable bonds is 5. The molecule has 0 aromatic carbocycles. The summed E-state index contributed by atoms with van der Waals surface area (Å²) in [6, 6.07) is -1.63. The number of carbonyl (C=O) groups excluding carboxylic acids is 1. The van der Waals surface area contributed by atoms with Crippen molar-refractivity contribution in [2.45, 2.75) is 19.4 Å². The zero-order valence-corrected chi connectivity index (χ0v) is 9.95. The highest BCUT2D eigenvalue weighted by atomic mass is 32.1. The molecule has 1 rings (SSSR count). The number of hydrogen-bond donors (Lipinski definition) is 3. The SMILES string of the molecule is C=CCC(NC(=O)Nc1nnc(C)s1)C(=O)O. The number of aliphatic carboxylic acids is 1. The van der Waals surface area contributed by atoms with Crippen LogP contribution in [0.3, 0.4) is 0 Å². The molecule has 92 valence electrons. The van der Waals surface area contributed by atoms with Gasteiger partial charge in [-0.1, -0.05) is 17.4 Å². The lowest BCUT2D eigenvalue weighted by atomic mass is 10.2. The number of carboxylic acid groups (broad SMARTS) is 1. The van der Waals surface area contributed by atoms with E-state index in [2.05, 4.69) is 27.4 Å². The second-order valence-electron chi connectivity index (χ2n) is 3.14. The number of carboxylic acids is 1. The molecular weight excluding hydrogens is 244 g/mol. The highest BCUT2D eigenvalue weighted by Crippen LogP contribution is 2.13. The maximum absolute atomic E-state index is 11.4. The van der Waals surface area contributed by atoms with Crippen molar-refractivity contribution >= 4 is 28.5 Å². The lowest BCUT2D eigenvalue weighted by molar-refractivity contribution is -0.139. The van der Waals surface area contributed by atoms with Crippen molar-refractivity contribution in [3.8, 4) is 0 Å². The van der Waals surface area contributed by atoms with Crippen LogP contribution in [0, 0.1) is 6.92 Å². The Labute approximate surface area is 102 Å². The summed E-state index contributed by atoms with van der Waals surface area (Å²) < 4.78 is 0. The number of nitrogens with one attached hydrogen (secondary N) is 2. The van der Waals surface area contributed by atoms with Crippen molar-refractivity contribution in [1.29, 1.82) is 0 Å². The van der Waals surface area contributed by atoms with Crippen LogP contribution in [0.15, 0.2) is 12.7 Å². The Morgan fingerprint density at radius 1 is 1.59 bits per heavy atom. The average Bonchev–Trinajstić information content (AvgIpc) is 2.63. The minimum Gasteiger partial charge on any atom is -0.480 e. The number of nitrogens with zero attached hydrogens (tertiary/aromatic N) is 2. The fourth-order valence-corrected chi connectivity index (χ4v) is 1.61. The van der Waals surface area contributed by atoms with Gasteiger partial charge in [-0.3, -0.25) is 5.32 Å². The van der Waals surface area contributed by atoms with Gasteiger partial charge in [0.15, 0.2) is 0 Å². The van der Waals surface area contributed by atoms with Crippen LogP contribution in [-0.2, 0) is 4.79 Å². The van der Waals surface area contributed by atoms with Gasteiger partial charge in [0.2, 0.25) is 5.13 Å². The third-order valence-electron chi connectivity index (χ3n) is 1.75. The van der Waals surface area contributed by atoms with Gasteiger partial charge < -0.3 is 10.4 Å². The quantitative estimate of drug-likeness (QED) is 0.682.